The summed E-state index contributed by atoms with van der Waals surface area (Å²) in [6.07, 6.45) is 0.972. The molecule has 90 valence electrons. The van der Waals surface area contributed by atoms with Gasteiger partial charge < -0.3 is 9.26 Å². The van der Waals surface area contributed by atoms with E-state index >= 15 is 0 Å². The molecule has 5 nitrogen and oxygen atoms in total. The van der Waals surface area contributed by atoms with E-state index in [4.69, 9.17) is 9.26 Å². The molecule has 0 radical (unpaired) electrons. The molecule has 6 heteroatoms. The van der Waals surface area contributed by atoms with Crippen LogP contribution in [0.4, 0.5) is 0 Å². The first-order valence-corrected chi connectivity index (χ1v) is 6.41. The van der Waals surface area contributed by atoms with Crippen LogP contribution >= 0.6 is 11.3 Å². The second-order valence-corrected chi connectivity index (χ2v) is 5.37. The Hall–Kier alpha value is -1.27. The van der Waals surface area contributed by atoms with Crippen LogP contribution in [0, 0.1) is 13.8 Å². The molecule has 0 unspecified atom stereocenters. The Morgan fingerprint density at radius 3 is 2.82 bits per heavy atom. The molecular formula is C11H13N3O2S. The molecule has 1 saturated heterocycles. The zero-order valence-electron chi connectivity index (χ0n) is 9.77. The van der Waals surface area contributed by atoms with Gasteiger partial charge in [0.05, 0.1) is 17.3 Å². The summed E-state index contributed by atoms with van der Waals surface area (Å²) >= 11 is 1.58. The molecule has 0 spiro atoms. The Morgan fingerprint density at radius 1 is 1.29 bits per heavy atom. The topological polar surface area (TPSA) is 61.0 Å². The molecule has 17 heavy (non-hydrogen) atoms. The summed E-state index contributed by atoms with van der Waals surface area (Å²) in [5.41, 5.74) is 0.949. The maximum atomic E-state index is 5.32. The van der Waals surface area contributed by atoms with E-state index in [2.05, 4.69) is 15.1 Å². The van der Waals surface area contributed by atoms with Crippen LogP contribution in [0.2, 0.25) is 0 Å². The molecular weight excluding hydrogens is 238 g/mol. The van der Waals surface area contributed by atoms with E-state index in [0.29, 0.717) is 12.5 Å². The summed E-state index contributed by atoms with van der Waals surface area (Å²) < 4.78 is 10.6. The fourth-order valence-corrected chi connectivity index (χ4v) is 2.80. The fraction of sp³-hybridized carbons (Fsp3) is 0.545. The Morgan fingerprint density at radius 2 is 2.18 bits per heavy atom. The molecule has 1 fully saturated rings. The Bertz CT molecular complexity index is 529. The van der Waals surface area contributed by atoms with Gasteiger partial charge in [-0.3, -0.25) is 0 Å². The zero-order chi connectivity index (χ0) is 11.8. The van der Waals surface area contributed by atoms with Crippen LogP contribution < -0.4 is 0 Å². The maximum Gasteiger partial charge on any atom is 0.269 e. The molecule has 2 aromatic heterocycles. The predicted molar refractivity (Wildman–Crippen MR) is 63.1 cm³/mol. The van der Waals surface area contributed by atoms with Gasteiger partial charge in [0.25, 0.3) is 5.89 Å². The summed E-state index contributed by atoms with van der Waals surface area (Å²) in [6, 6.07) is 0. The highest BCUT2D eigenvalue weighted by molar-refractivity contribution is 7.15. The SMILES string of the molecule is Cc1nc(C)c(-c2nc([C@@H]3CCOC3)no2)s1. The van der Waals surface area contributed by atoms with E-state index in [1.54, 1.807) is 11.3 Å². The van der Waals surface area contributed by atoms with Crippen molar-refractivity contribution in [1.82, 2.24) is 15.1 Å². The molecule has 0 aromatic carbocycles. The van der Waals surface area contributed by atoms with Gasteiger partial charge in [0, 0.05) is 12.5 Å². The molecule has 3 heterocycles. The minimum absolute atomic E-state index is 0.279. The molecule has 0 N–H and O–H groups in total. The summed E-state index contributed by atoms with van der Waals surface area (Å²) in [4.78, 5) is 9.78. The van der Waals surface area contributed by atoms with Crippen molar-refractivity contribution in [3.63, 3.8) is 0 Å². The van der Waals surface area contributed by atoms with Crippen molar-refractivity contribution in [2.24, 2.45) is 0 Å². The van der Waals surface area contributed by atoms with Gasteiger partial charge in [-0.1, -0.05) is 5.16 Å². The predicted octanol–water partition coefficient (Wildman–Crippen LogP) is 2.31. The number of aryl methyl sites for hydroxylation is 2. The Balaban J connectivity index is 1.91. The van der Waals surface area contributed by atoms with E-state index in [9.17, 15) is 0 Å². The van der Waals surface area contributed by atoms with Crippen molar-refractivity contribution < 1.29 is 9.26 Å². The van der Waals surface area contributed by atoms with Gasteiger partial charge in [-0.15, -0.1) is 11.3 Å². The standard InChI is InChI=1S/C11H13N3O2S/c1-6-9(17-7(2)12-6)11-13-10(14-16-11)8-3-4-15-5-8/h8H,3-5H2,1-2H3/t8-/m1/s1. The van der Waals surface area contributed by atoms with E-state index in [1.807, 2.05) is 13.8 Å². The first kappa shape index (κ1) is 10.9. The van der Waals surface area contributed by atoms with E-state index in [-0.39, 0.29) is 5.92 Å². The second kappa shape index (κ2) is 4.19. The minimum atomic E-state index is 0.279. The molecule has 1 atom stereocenters. The van der Waals surface area contributed by atoms with Gasteiger partial charge in [-0.2, -0.15) is 4.98 Å². The average molecular weight is 251 g/mol. The quantitative estimate of drug-likeness (QED) is 0.819. The molecule has 2 aromatic rings. The number of rotatable bonds is 2. The first-order chi connectivity index (χ1) is 8.24. The lowest BCUT2D eigenvalue weighted by atomic mass is 10.1. The summed E-state index contributed by atoms with van der Waals surface area (Å²) in [5, 5.41) is 5.05. The van der Waals surface area contributed by atoms with Crippen LogP contribution in [0.3, 0.4) is 0 Å². The van der Waals surface area contributed by atoms with E-state index in [0.717, 1.165) is 34.4 Å². The number of nitrogens with zero attached hydrogens (tertiary/aromatic N) is 3. The fourth-order valence-electron chi connectivity index (χ4n) is 1.96. The molecule has 3 rings (SSSR count). The third kappa shape index (κ3) is 1.98. The van der Waals surface area contributed by atoms with Gasteiger partial charge in [-0.25, -0.2) is 4.98 Å². The highest BCUT2D eigenvalue weighted by Gasteiger charge is 2.24. The van der Waals surface area contributed by atoms with Gasteiger partial charge >= 0.3 is 0 Å². The summed E-state index contributed by atoms with van der Waals surface area (Å²) in [6.45, 7) is 5.41. The highest BCUT2D eigenvalue weighted by atomic mass is 32.1. The van der Waals surface area contributed by atoms with Crippen molar-refractivity contribution in [3.05, 3.63) is 16.5 Å². The van der Waals surface area contributed by atoms with Crippen LogP contribution in [0.25, 0.3) is 10.8 Å². The van der Waals surface area contributed by atoms with Gasteiger partial charge in [0.1, 0.15) is 4.88 Å². The normalized spacial score (nSPS) is 20.0. The number of thiazole rings is 1. The van der Waals surface area contributed by atoms with Crippen molar-refractivity contribution in [1.29, 1.82) is 0 Å². The van der Waals surface area contributed by atoms with Crippen LogP contribution in [0.1, 0.15) is 28.9 Å². The molecule has 0 aliphatic carbocycles. The Labute approximate surface area is 103 Å². The Kier molecular flexibility index (Phi) is 2.68. The first-order valence-electron chi connectivity index (χ1n) is 5.60. The highest BCUT2D eigenvalue weighted by Crippen LogP contribution is 2.30. The largest absolute Gasteiger partial charge is 0.381 e. The minimum Gasteiger partial charge on any atom is -0.381 e. The number of ether oxygens (including phenoxy) is 1. The average Bonchev–Trinajstić information content (AvgIpc) is 2.97. The lowest BCUT2D eigenvalue weighted by Gasteiger charge is -1.97. The van der Waals surface area contributed by atoms with Gasteiger partial charge in [-0.05, 0) is 20.3 Å². The number of hydrogen-bond acceptors (Lipinski definition) is 6. The smallest absolute Gasteiger partial charge is 0.269 e. The third-order valence-electron chi connectivity index (χ3n) is 2.83. The summed E-state index contributed by atoms with van der Waals surface area (Å²) in [5.74, 6) is 1.61. The van der Waals surface area contributed by atoms with Crippen molar-refractivity contribution in [2.45, 2.75) is 26.2 Å². The molecule has 0 bridgehead atoms. The van der Waals surface area contributed by atoms with Crippen molar-refractivity contribution in [3.8, 4) is 10.8 Å². The van der Waals surface area contributed by atoms with E-state index in [1.165, 1.54) is 0 Å². The molecule has 0 amide bonds. The van der Waals surface area contributed by atoms with Crippen molar-refractivity contribution in [2.75, 3.05) is 13.2 Å². The van der Waals surface area contributed by atoms with Crippen LogP contribution in [0.5, 0.6) is 0 Å². The van der Waals surface area contributed by atoms with Gasteiger partial charge in [0.15, 0.2) is 5.82 Å². The lowest BCUT2D eigenvalue weighted by molar-refractivity contribution is 0.192. The molecule has 1 aliphatic rings. The summed E-state index contributed by atoms with van der Waals surface area (Å²) in [7, 11) is 0. The van der Waals surface area contributed by atoms with Gasteiger partial charge in [0.2, 0.25) is 0 Å². The zero-order valence-corrected chi connectivity index (χ0v) is 10.6. The second-order valence-electron chi connectivity index (χ2n) is 4.17. The molecule has 1 aliphatic heterocycles. The lowest BCUT2D eigenvalue weighted by Crippen LogP contribution is -1.99. The van der Waals surface area contributed by atoms with Crippen molar-refractivity contribution >= 4 is 11.3 Å². The van der Waals surface area contributed by atoms with Crippen LogP contribution in [-0.2, 0) is 4.74 Å². The van der Waals surface area contributed by atoms with Crippen LogP contribution in [0.15, 0.2) is 4.52 Å². The maximum absolute atomic E-state index is 5.32. The number of aromatic nitrogens is 3. The molecule has 0 saturated carbocycles. The third-order valence-corrected chi connectivity index (χ3v) is 3.90. The van der Waals surface area contributed by atoms with Crippen LogP contribution in [-0.4, -0.2) is 28.3 Å². The van der Waals surface area contributed by atoms with E-state index < -0.39 is 0 Å². The number of hydrogen-bond donors (Lipinski definition) is 0. The monoisotopic (exact) mass is 251 g/mol.